The van der Waals surface area contributed by atoms with Crippen LogP contribution in [0.3, 0.4) is 0 Å². The quantitative estimate of drug-likeness (QED) is 0.700. The zero-order valence-corrected chi connectivity index (χ0v) is 16.7. The first-order valence-electron chi connectivity index (χ1n) is 9.92. The number of rotatable bonds is 7. The lowest BCUT2D eigenvalue weighted by Gasteiger charge is -2.30. The van der Waals surface area contributed by atoms with Crippen molar-refractivity contribution < 1.29 is 19.0 Å². The SMILES string of the molecule is COc1ccc(C2CCCCCN2C(=O)CCOc2ccccc2OC)cc1. The second-order valence-electron chi connectivity index (χ2n) is 6.97. The summed E-state index contributed by atoms with van der Waals surface area (Å²) in [4.78, 5) is 15.0. The smallest absolute Gasteiger partial charge is 0.226 e. The Balaban J connectivity index is 1.64. The minimum Gasteiger partial charge on any atom is -0.497 e. The van der Waals surface area contributed by atoms with Crippen molar-refractivity contribution in [1.29, 1.82) is 0 Å². The number of hydrogen-bond acceptors (Lipinski definition) is 4. The molecule has 2 aromatic rings. The van der Waals surface area contributed by atoms with Gasteiger partial charge in [0.1, 0.15) is 5.75 Å². The van der Waals surface area contributed by atoms with Crippen molar-refractivity contribution in [2.45, 2.75) is 38.1 Å². The first-order valence-corrected chi connectivity index (χ1v) is 9.92. The lowest BCUT2D eigenvalue weighted by Crippen LogP contribution is -2.35. The van der Waals surface area contributed by atoms with Crippen LogP contribution >= 0.6 is 0 Å². The molecule has 3 rings (SSSR count). The van der Waals surface area contributed by atoms with E-state index in [1.807, 2.05) is 41.3 Å². The maximum Gasteiger partial charge on any atom is 0.226 e. The minimum absolute atomic E-state index is 0.118. The van der Waals surface area contributed by atoms with E-state index in [1.165, 1.54) is 5.56 Å². The van der Waals surface area contributed by atoms with Gasteiger partial charge in [-0.2, -0.15) is 0 Å². The van der Waals surface area contributed by atoms with Gasteiger partial charge in [-0.1, -0.05) is 37.1 Å². The number of hydrogen-bond donors (Lipinski definition) is 0. The second kappa shape index (κ2) is 10.0. The van der Waals surface area contributed by atoms with Crippen LogP contribution in [0.15, 0.2) is 48.5 Å². The maximum absolute atomic E-state index is 13.0. The number of carbonyl (C=O) groups excluding carboxylic acids is 1. The molecule has 1 heterocycles. The number of likely N-dealkylation sites (tertiary alicyclic amines) is 1. The molecule has 0 radical (unpaired) electrons. The number of benzene rings is 2. The summed E-state index contributed by atoms with van der Waals surface area (Å²) in [7, 11) is 3.28. The number of nitrogens with zero attached hydrogens (tertiary/aromatic N) is 1. The van der Waals surface area contributed by atoms with Crippen molar-refractivity contribution in [1.82, 2.24) is 4.90 Å². The molecule has 5 heteroatoms. The molecule has 0 saturated carbocycles. The third kappa shape index (κ3) is 4.97. The summed E-state index contributed by atoms with van der Waals surface area (Å²) >= 11 is 0. The van der Waals surface area contributed by atoms with Crippen LogP contribution in [0, 0.1) is 0 Å². The van der Waals surface area contributed by atoms with E-state index in [2.05, 4.69) is 12.1 Å². The predicted molar refractivity (Wildman–Crippen MR) is 109 cm³/mol. The van der Waals surface area contributed by atoms with Crippen LogP contribution in [0.2, 0.25) is 0 Å². The van der Waals surface area contributed by atoms with E-state index in [-0.39, 0.29) is 11.9 Å². The molecule has 150 valence electrons. The van der Waals surface area contributed by atoms with Gasteiger partial charge in [0.25, 0.3) is 0 Å². The van der Waals surface area contributed by atoms with Gasteiger partial charge in [0, 0.05) is 6.54 Å². The Morgan fingerprint density at radius 3 is 2.43 bits per heavy atom. The van der Waals surface area contributed by atoms with Gasteiger partial charge in [-0.3, -0.25) is 4.79 Å². The zero-order chi connectivity index (χ0) is 19.8. The molecular formula is C23H29NO4. The Morgan fingerprint density at radius 1 is 0.964 bits per heavy atom. The van der Waals surface area contributed by atoms with E-state index in [9.17, 15) is 4.79 Å². The van der Waals surface area contributed by atoms with Gasteiger partial charge in [-0.25, -0.2) is 0 Å². The molecule has 1 aliphatic heterocycles. The van der Waals surface area contributed by atoms with Crippen LogP contribution < -0.4 is 14.2 Å². The monoisotopic (exact) mass is 383 g/mol. The molecule has 0 spiro atoms. The predicted octanol–water partition coefficient (Wildman–Crippen LogP) is 4.62. The fourth-order valence-corrected chi connectivity index (χ4v) is 3.71. The van der Waals surface area contributed by atoms with Gasteiger partial charge in [-0.05, 0) is 42.7 Å². The third-order valence-electron chi connectivity index (χ3n) is 5.22. The Bertz CT molecular complexity index is 759. The second-order valence-corrected chi connectivity index (χ2v) is 6.97. The van der Waals surface area contributed by atoms with Gasteiger partial charge in [-0.15, -0.1) is 0 Å². The Hall–Kier alpha value is -2.69. The van der Waals surface area contributed by atoms with Crippen LogP contribution in [0.1, 0.15) is 43.7 Å². The van der Waals surface area contributed by atoms with E-state index in [4.69, 9.17) is 14.2 Å². The van der Waals surface area contributed by atoms with E-state index in [0.717, 1.165) is 38.0 Å². The number of amides is 1. The summed E-state index contributed by atoms with van der Waals surface area (Å²) in [5, 5.41) is 0. The van der Waals surface area contributed by atoms with Crippen molar-refractivity contribution in [3.63, 3.8) is 0 Å². The van der Waals surface area contributed by atoms with Crippen molar-refractivity contribution in [2.75, 3.05) is 27.4 Å². The van der Waals surface area contributed by atoms with Crippen LogP contribution in [0.25, 0.3) is 0 Å². The molecule has 1 saturated heterocycles. The molecule has 1 unspecified atom stereocenters. The first kappa shape index (κ1) is 20.1. The topological polar surface area (TPSA) is 48.0 Å². The molecule has 28 heavy (non-hydrogen) atoms. The van der Waals surface area contributed by atoms with Crippen LogP contribution in [-0.4, -0.2) is 38.2 Å². The molecule has 2 aromatic carbocycles. The van der Waals surface area contributed by atoms with Gasteiger partial charge >= 0.3 is 0 Å². The molecule has 1 atom stereocenters. The van der Waals surface area contributed by atoms with Gasteiger partial charge in [0.15, 0.2) is 11.5 Å². The number of methoxy groups -OCH3 is 2. The van der Waals surface area contributed by atoms with E-state index < -0.39 is 0 Å². The van der Waals surface area contributed by atoms with Crippen molar-refractivity contribution in [2.24, 2.45) is 0 Å². The fraction of sp³-hybridized carbons (Fsp3) is 0.435. The first-order chi connectivity index (χ1) is 13.7. The average molecular weight is 383 g/mol. The third-order valence-corrected chi connectivity index (χ3v) is 5.22. The number of para-hydroxylation sites is 2. The van der Waals surface area contributed by atoms with E-state index >= 15 is 0 Å². The molecule has 1 fully saturated rings. The van der Waals surface area contributed by atoms with Crippen LogP contribution in [-0.2, 0) is 4.79 Å². The summed E-state index contributed by atoms with van der Waals surface area (Å²) in [6, 6.07) is 15.7. The Kier molecular flexibility index (Phi) is 7.18. The lowest BCUT2D eigenvalue weighted by molar-refractivity contribution is -0.134. The van der Waals surface area contributed by atoms with Crippen molar-refractivity contribution >= 4 is 5.91 Å². The van der Waals surface area contributed by atoms with Crippen molar-refractivity contribution in [3.05, 3.63) is 54.1 Å². The largest absolute Gasteiger partial charge is 0.497 e. The van der Waals surface area contributed by atoms with Gasteiger partial charge < -0.3 is 19.1 Å². The highest BCUT2D eigenvalue weighted by Crippen LogP contribution is 2.32. The summed E-state index contributed by atoms with van der Waals surface area (Å²) in [5.74, 6) is 2.32. The summed E-state index contributed by atoms with van der Waals surface area (Å²) in [6.45, 7) is 1.13. The minimum atomic E-state index is 0.118. The fourth-order valence-electron chi connectivity index (χ4n) is 3.71. The molecule has 0 aliphatic carbocycles. The zero-order valence-electron chi connectivity index (χ0n) is 16.7. The molecule has 0 aromatic heterocycles. The molecular weight excluding hydrogens is 354 g/mol. The summed E-state index contributed by atoms with van der Waals surface area (Å²) in [5.41, 5.74) is 1.17. The van der Waals surface area contributed by atoms with Crippen molar-refractivity contribution in [3.8, 4) is 17.2 Å². The molecule has 0 N–H and O–H groups in total. The number of ether oxygens (including phenoxy) is 3. The Labute approximate surface area is 167 Å². The molecule has 1 aliphatic rings. The average Bonchev–Trinajstić information content (AvgIpc) is 3.00. The summed E-state index contributed by atoms with van der Waals surface area (Å²) < 4.78 is 16.4. The lowest BCUT2D eigenvalue weighted by atomic mass is 10.0. The maximum atomic E-state index is 13.0. The number of carbonyl (C=O) groups is 1. The summed E-state index contributed by atoms with van der Waals surface area (Å²) in [6.07, 6.45) is 4.69. The highest BCUT2D eigenvalue weighted by Gasteiger charge is 2.26. The highest BCUT2D eigenvalue weighted by molar-refractivity contribution is 5.77. The standard InChI is InChI=1S/C23H29NO4/c1-26-19-13-11-18(12-14-19)20-8-4-3-7-16-24(20)23(25)15-17-28-22-10-6-5-9-21(22)27-2/h5-6,9-14,20H,3-4,7-8,15-17H2,1-2H3. The van der Waals surface area contributed by atoms with E-state index in [1.54, 1.807) is 14.2 Å². The highest BCUT2D eigenvalue weighted by atomic mass is 16.5. The molecule has 1 amide bonds. The molecule has 0 bridgehead atoms. The van der Waals surface area contributed by atoms with Crippen LogP contribution in [0.5, 0.6) is 17.2 Å². The molecule has 5 nitrogen and oxygen atoms in total. The van der Waals surface area contributed by atoms with E-state index in [0.29, 0.717) is 24.5 Å². The van der Waals surface area contributed by atoms with Crippen LogP contribution in [0.4, 0.5) is 0 Å². The normalized spacial score (nSPS) is 16.9. The van der Waals surface area contributed by atoms with Gasteiger partial charge in [0.2, 0.25) is 5.91 Å². The Morgan fingerprint density at radius 2 is 1.71 bits per heavy atom. The van der Waals surface area contributed by atoms with Gasteiger partial charge in [0.05, 0.1) is 33.3 Å².